The largest absolute Gasteiger partial charge is 0.478 e. The Bertz CT molecular complexity index is 446. The van der Waals surface area contributed by atoms with Crippen LogP contribution >= 0.6 is 0 Å². The zero-order chi connectivity index (χ0) is 15.9. The highest BCUT2D eigenvalue weighted by molar-refractivity contribution is 5.42. The molecular formula is C16H29N5O. The molecule has 0 saturated carbocycles. The second-order valence-corrected chi connectivity index (χ2v) is 6.18. The molecule has 22 heavy (non-hydrogen) atoms. The second kappa shape index (κ2) is 8.29. The van der Waals surface area contributed by atoms with Gasteiger partial charge in [0.05, 0.1) is 6.61 Å². The van der Waals surface area contributed by atoms with Gasteiger partial charge in [0.1, 0.15) is 12.1 Å². The molecule has 2 rings (SSSR count). The van der Waals surface area contributed by atoms with Crippen LogP contribution in [0.5, 0.6) is 5.88 Å². The van der Waals surface area contributed by atoms with E-state index in [1.807, 2.05) is 13.0 Å². The smallest absolute Gasteiger partial charge is 0.218 e. The molecule has 1 aromatic rings. The summed E-state index contributed by atoms with van der Waals surface area (Å²) in [6.07, 6.45) is 3.97. The highest BCUT2D eigenvalue weighted by Crippen LogP contribution is 2.23. The van der Waals surface area contributed by atoms with Crippen molar-refractivity contribution in [3.63, 3.8) is 0 Å². The van der Waals surface area contributed by atoms with Gasteiger partial charge in [-0.25, -0.2) is 9.97 Å². The molecule has 0 N–H and O–H groups in total. The summed E-state index contributed by atoms with van der Waals surface area (Å²) in [7, 11) is 6.41. The van der Waals surface area contributed by atoms with Gasteiger partial charge in [0.2, 0.25) is 5.88 Å². The van der Waals surface area contributed by atoms with E-state index in [0.29, 0.717) is 18.5 Å². The minimum absolute atomic E-state index is 0.542. The Kier molecular flexibility index (Phi) is 6.39. The van der Waals surface area contributed by atoms with Crippen molar-refractivity contribution in [2.45, 2.75) is 25.8 Å². The van der Waals surface area contributed by atoms with Gasteiger partial charge in [0.15, 0.2) is 0 Å². The molecule has 1 saturated heterocycles. The van der Waals surface area contributed by atoms with Gasteiger partial charge < -0.3 is 19.4 Å². The van der Waals surface area contributed by atoms with Gasteiger partial charge >= 0.3 is 0 Å². The normalized spacial score (nSPS) is 17.0. The van der Waals surface area contributed by atoms with Crippen molar-refractivity contribution in [3.05, 3.63) is 12.4 Å². The lowest BCUT2D eigenvalue weighted by Crippen LogP contribution is -2.46. The standard InChI is InChI=1S/C16H29N5O/c1-5-22-16-12-15(17-13-18-16)21(11-10-19(2)3)14-6-8-20(4)9-7-14/h12-14H,5-11H2,1-4H3. The molecule has 1 fully saturated rings. The van der Waals surface area contributed by atoms with Crippen LogP contribution in [-0.4, -0.2) is 79.7 Å². The van der Waals surface area contributed by atoms with Gasteiger partial charge in [-0.2, -0.15) is 0 Å². The molecule has 6 heteroatoms. The topological polar surface area (TPSA) is 44.7 Å². The maximum Gasteiger partial charge on any atom is 0.218 e. The van der Waals surface area contributed by atoms with Crippen LogP contribution in [0.25, 0.3) is 0 Å². The Balaban J connectivity index is 2.13. The number of hydrogen-bond acceptors (Lipinski definition) is 6. The average Bonchev–Trinajstić information content (AvgIpc) is 2.50. The lowest BCUT2D eigenvalue weighted by atomic mass is 10.0. The third-order valence-corrected chi connectivity index (χ3v) is 4.13. The summed E-state index contributed by atoms with van der Waals surface area (Å²) >= 11 is 0. The summed E-state index contributed by atoms with van der Waals surface area (Å²) in [6.45, 7) is 6.88. The first-order valence-corrected chi connectivity index (χ1v) is 8.15. The Labute approximate surface area is 134 Å². The second-order valence-electron chi connectivity index (χ2n) is 6.18. The fourth-order valence-electron chi connectivity index (χ4n) is 2.81. The van der Waals surface area contributed by atoms with Crippen molar-refractivity contribution in [1.29, 1.82) is 0 Å². The summed E-state index contributed by atoms with van der Waals surface area (Å²) in [5.74, 6) is 1.64. The van der Waals surface area contributed by atoms with Crippen LogP contribution < -0.4 is 9.64 Å². The van der Waals surface area contributed by atoms with Gasteiger partial charge in [0.25, 0.3) is 0 Å². The Morgan fingerprint density at radius 1 is 1.23 bits per heavy atom. The van der Waals surface area contributed by atoms with Crippen molar-refractivity contribution in [1.82, 2.24) is 19.8 Å². The molecule has 124 valence electrons. The number of hydrogen-bond donors (Lipinski definition) is 0. The van der Waals surface area contributed by atoms with Crippen molar-refractivity contribution in [3.8, 4) is 5.88 Å². The van der Waals surface area contributed by atoms with E-state index in [-0.39, 0.29) is 0 Å². The SMILES string of the molecule is CCOc1cc(N(CCN(C)C)C2CCN(C)CC2)ncn1. The summed E-state index contributed by atoms with van der Waals surface area (Å²) in [4.78, 5) is 15.7. The van der Waals surface area contributed by atoms with Gasteiger partial charge in [-0.05, 0) is 54.0 Å². The molecule has 0 spiro atoms. The Hall–Kier alpha value is -1.40. The lowest BCUT2D eigenvalue weighted by molar-refractivity contribution is 0.246. The third-order valence-electron chi connectivity index (χ3n) is 4.13. The average molecular weight is 307 g/mol. The van der Waals surface area contributed by atoms with Gasteiger partial charge in [-0.15, -0.1) is 0 Å². The number of likely N-dealkylation sites (N-methyl/N-ethyl adjacent to an activating group) is 1. The number of anilines is 1. The van der Waals surface area contributed by atoms with Crippen molar-refractivity contribution in [2.75, 3.05) is 58.8 Å². The quantitative estimate of drug-likeness (QED) is 0.757. The monoisotopic (exact) mass is 307 g/mol. The van der Waals surface area contributed by atoms with Crippen LogP contribution in [0, 0.1) is 0 Å². The van der Waals surface area contributed by atoms with E-state index in [1.165, 1.54) is 12.8 Å². The first-order valence-electron chi connectivity index (χ1n) is 8.15. The van der Waals surface area contributed by atoms with E-state index in [0.717, 1.165) is 32.0 Å². The first-order chi connectivity index (χ1) is 10.6. The van der Waals surface area contributed by atoms with E-state index >= 15 is 0 Å². The van der Waals surface area contributed by atoms with Gasteiger partial charge in [-0.1, -0.05) is 0 Å². The van der Waals surface area contributed by atoms with Crippen molar-refractivity contribution >= 4 is 5.82 Å². The van der Waals surface area contributed by atoms with Crippen molar-refractivity contribution in [2.24, 2.45) is 0 Å². The van der Waals surface area contributed by atoms with E-state index in [9.17, 15) is 0 Å². The van der Waals surface area contributed by atoms with E-state index < -0.39 is 0 Å². The zero-order valence-corrected chi connectivity index (χ0v) is 14.3. The minimum atomic E-state index is 0.542. The number of aromatic nitrogens is 2. The first kappa shape index (κ1) is 17.0. The van der Waals surface area contributed by atoms with E-state index in [1.54, 1.807) is 6.33 Å². The van der Waals surface area contributed by atoms with Crippen LogP contribution in [0.3, 0.4) is 0 Å². The molecule has 1 aliphatic rings. The number of piperidine rings is 1. The summed E-state index contributed by atoms with van der Waals surface area (Å²) in [6, 6.07) is 2.51. The van der Waals surface area contributed by atoms with Crippen LogP contribution in [0.15, 0.2) is 12.4 Å². The Morgan fingerprint density at radius 2 is 1.95 bits per heavy atom. The number of nitrogens with zero attached hydrogens (tertiary/aromatic N) is 5. The molecule has 1 aliphatic heterocycles. The molecule has 0 bridgehead atoms. The van der Waals surface area contributed by atoms with E-state index in [2.05, 4.69) is 45.8 Å². The van der Waals surface area contributed by atoms with Crippen LogP contribution in [0.2, 0.25) is 0 Å². The summed E-state index contributed by atoms with van der Waals surface area (Å²) < 4.78 is 5.53. The molecule has 0 aromatic carbocycles. The molecule has 6 nitrogen and oxygen atoms in total. The lowest BCUT2D eigenvalue weighted by Gasteiger charge is -2.38. The van der Waals surface area contributed by atoms with E-state index in [4.69, 9.17) is 4.74 Å². The molecule has 1 aromatic heterocycles. The fourth-order valence-corrected chi connectivity index (χ4v) is 2.81. The molecule has 0 unspecified atom stereocenters. The van der Waals surface area contributed by atoms with Gasteiger partial charge in [-0.3, -0.25) is 0 Å². The fraction of sp³-hybridized carbons (Fsp3) is 0.750. The number of rotatable bonds is 7. The molecule has 0 atom stereocenters. The molecule has 0 aliphatic carbocycles. The van der Waals surface area contributed by atoms with Crippen LogP contribution in [0.1, 0.15) is 19.8 Å². The maximum absolute atomic E-state index is 5.53. The molecule has 2 heterocycles. The predicted octanol–water partition coefficient (Wildman–Crippen LogP) is 1.34. The van der Waals surface area contributed by atoms with Crippen molar-refractivity contribution < 1.29 is 4.74 Å². The molecular weight excluding hydrogens is 278 g/mol. The van der Waals surface area contributed by atoms with Crippen LogP contribution in [-0.2, 0) is 0 Å². The zero-order valence-electron chi connectivity index (χ0n) is 14.3. The number of ether oxygens (including phenoxy) is 1. The summed E-state index contributed by atoms with van der Waals surface area (Å²) in [5.41, 5.74) is 0. The predicted molar refractivity (Wildman–Crippen MR) is 89.6 cm³/mol. The summed E-state index contributed by atoms with van der Waals surface area (Å²) in [5, 5.41) is 0. The number of likely N-dealkylation sites (tertiary alicyclic amines) is 1. The van der Waals surface area contributed by atoms with Gasteiger partial charge in [0, 0.05) is 25.2 Å². The molecule has 0 radical (unpaired) electrons. The third kappa shape index (κ3) is 4.81. The van der Waals surface area contributed by atoms with Crippen LogP contribution in [0.4, 0.5) is 5.82 Å². The highest BCUT2D eigenvalue weighted by Gasteiger charge is 2.24. The molecule has 0 amide bonds. The highest BCUT2D eigenvalue weighted by atomic mass is 16.5. The minimum Gasteiger partial charge on any atom is -0.478 e. The Morgan fingerprint density at radius 3 is 2.59 bits per heavy atom. The maximum atomic E-state index is 5.53.